The summed E-state index contributed by atoms with van der Waals surface area (Å²) in [5, 5.41) is 11.4. The molecule has 0 radical (unpaired) electrons. The normalized spacial score (nSPS) is 11.5. The van der Waals surface area contributed by atoms with Crippen molar-refractivity contribution in [2.24, 2.45) is 0 Å². The first-order valence-corrected chi connectivity index (χ1v) is 22.6. The molecule has 0 unspecified atom stereocenters. The molecule has 0 fully saturated rings. The van der Waals surface area contributed by atoms with Gasteiger partial charge in [-0.25, -0.2) is 0 Å². The van der Waals surface area contributed by atoms with Crippen LogP contribution in [0.4, 0.5) is 0 Å². The number of carbonyl (C=O) groups is 2. The van der Waals surface area contributed by atoms with E-state index in [1.54, 1.807) is 0 Å². The van der Waals surface area contributed by atoms with Crippen molar-refractivity contribution in [3.8, 4) is 0 Å². The molecule has 0 aromatic rings. The summed E-state index contributed by atoms with van der Waals surface area (Å²) < 4.78 is 65.3. The molecule has 0 saturated heterocycles. The SMILES string of the molecule is CCCCCCCCCCCCCCCC(=O)NCCOCCOCCOCCOCCOCCOCCOCCOCCOCCOCCOCCOCCC(=O)O. The lowest BCUT2D eigenvalue weighted by molar-refractivity contribution is -0.138. The van der Waals surface area contributed by atoms with Gasteiger partial charge in [0.05, 0.1) is 165 Å². The van der Waals surface area contributed by atoms with Gasteiger partial charge in [-0.05, 0) is 6.42 Å². The summed E-state index contributed by atoms with van der Waals surface area (Å²) in [6.07, 6.45) is 17.6. The van der Waals surface area contributed by atoms with E-state index in [0.29, 0.717) is 165 Å². The fourth-order valence-corrected chi connectivity index (χ4v) is 5.33. The maximum absolute atomic E-state index is 12.0. The molecule has 0 aliphatic rings. The Labute approximate surface area is 356 Å². The smallest absolute Gasteiger partial charge is 0.305 e. The molecule has 2 N–H and O–H groups in total. The lowest BCUT2D eigenvalue weighted by Crippen LogP contribution is -2.27. The van der Waals surface area contributed by atoms with E-state index in [1.165, 1.54) is 70.6 Å². The standard InChI is InChI=1S/C43H85NO15/c1-2-3-4-5-6-7-8-9-10-11-12-13-14-15-42(45)44-17-19-49-21-23-51-25-27-53-29-31-55-33-35-57-37-39-59-41-40-58-38-36-56-34-32-54-30-28-52-26-24-50-22-20-48-18-16-43(46)47/h2-41H2,1H3,(H,44,45)(H,46,47). The molecule has 16 nitrogen and oxygen atoms in total. The van der Waals surface area contributed by atoms with Crippen molar-refractivity contribution < 1.29 is 71.5 Å². The first-order valence-electron chi connectivity index (χ1n) is 22.6. The second-order valence-electron chi connectivity index (χ2n) is 13.8. The van der Waals surface area contributed by atoms with Crippen LogP contribution >= 0.6 is 0 Å². The monoisotopic (exact) mass is 856 g/mol. The fourth-order valence-electron chi connectivity index (χ4n) is 5.33. The van der Waals surface area contributed by atoms with E-state index >= 15 is 0 Å². The molecule has 0 bridgehead atoms. The van der Waals surface area contributed by atoms with Gasteiger partial charge in [0.2, 0.25) is 5.91 Å². The van der Waals surface area contributed by atoms with Gasteiger partial charge in [0.1, 0.15) is 0 Å². The molecule has 0 aromatic heterocycles. The van der Waals surface area contributed by atoms with Crippen LogP contribution in [0.1, 0.15) is 103 Å². The van der Waals surface area contributed by atoms with Gasteiger partial charge in [0, 0.05) is 13.0 Å². The molecule has 0 aliphatic heterocycles. The van der Waals surface area contributed by atoms with Crippen LogP contribution in [0.15, 0.2) is 0 Å². The third kappa shape index (κ3) is 54.4. The maximum atomic E-state index is 12.0. The Hall–Kier alpha value is -1.54. The van der Waals surface area contributed by atoms with Gasteiger partial charge in [-0.2, -0.15) is 0 Å². The Balaban J connectivity index is 3.12. The Morgan fingerprint density at radius 3 is 0.831 bits per heavy atom. The highest BCUT2D eigenvalue weighted by Gasteiger charge is 2.02. The van der Waals surface area contributed by atoms with Crippen LogP contribution in [0, 0.1) is 0 Å². The number of carboxylic acids is 1. The number of hydrogen-bond acceptors (Lipinski definition) is 14. The number of nitrogens with one attached hydrogen (secondary N) is 1. The second kappa shape index (κ2) is 52.6. The lowest BCUT2D eigenvalue weighted by Gasteiger charge is -2.09. The molecule has 0 spiro atoms. The first kappa shape index (κ1) is 57.5. The van der Waals surface area contributed by atoms with Crippen molar-refractivity contribution in [2.45, 2.75) is 103 Å². The van der Waals surface area contributed by atoms with Crippen molar-refractivity contribution in [3.63, 3.8) is 0 Å². The van der Waals surface area contributed by atoms with Crippen LogP contribution in [-0.2, 0) is 66.4 Å². The maximum Gasteiger partial charge on any atom is 0.305 e. The molecule has 16 heteroatoms. The summed E-state index contributed by atoms with van der Waals surface area (Å²) in [6, 6.07) is 0. The molecule has 0 saturated carbocycles. The summed E-state index contributed by atoms with van der Waals surface area (Å²) in [7, 11) is 0. The molecular formula is C43H85NO15. The van der Waals surface area contributed by atoms with E-state index in [-0.39, 0.29) is 18.9 Å². The average Bonchev–Trinajstić information content (AvgIpc) is 3.23. The number of carbonyl (C=O) groups excluding carboxylic acids is 1. The number of aliphatic carboxylic acids is 1. The molecule has 1 amide bonds. The summed E-state index contributed by atoms with van der Waals surface area (Å²) in [4.78, 5) is 22.4. The van der Waals surface area contributed by atoms with Crippen LogP contribution in [0.3, 0.4) is 0 Å². The predicted molar refractivity (Wildman–Crippen MR) is 225 cm³/mol. The summed E-state index contributed by atoms with van der Waals surface area (Å²) in [6.45, 7) is 13.9. The third-order valence-corrected chi connectivity index (χ3v) is 8.63. The minimum Gasteiger partial charge on any atom is -0.481 e. The summed E-state index contributed by atoms with van der Waals surface area (Å²) in [5.41, 5.74) is 0. The number of unbranched alkanes of at least 4 members (excludes halogenated alkanes) is 12. The van der Waals surface area contributed by atoms with Gasteiger partial charge in [-0.3, -0.25) is 9.59 Å². The van der Waals surface area contributed by atoms with Gasteiger partial charge < -0.3 is 67.3 Å². The molecule has 0 rings (SSSR count). The Kier molecular flexibility index (Phi) is 51.2. The van der Waals surface area contributed by atoms with E-state index in [2.05, 4.69) is 12.2 Å². The average molecular weight is 856 g/mol. The first-order chi connectivity index (χ1) is 29.2. The van der Waals surface area contributed by atoms with Gasteiger partial charge in [0.15, 0.2) is 0 Å². The van der Waals surface area contributed by atoms with Crippen LogP contribution in [-0.4, -0.2) is 182 Å². The van der Waals surface area contributed by atoms with Crippen molar-refractivity contribution in [1.29, 1.82) is 0 Å². The Morgan fingerprint density at radius 2 is 0.559 bits per heavy atom. The highest BCUT2D eigenvalue weighted by atomic mass is 16.6. The van der Waals surface area contributed by atoms with E-state index in [0.717, 1.165) is 12.8 Å². The van der Waals surface area contributed by atoms with E-state index < -0.39 is 5.97 Å². The molecule has 0 heterocycles. The topological polar surface area (TPSA) is 177 Å². The van der Waals surface area contributed by atoms with Crippen molar-refractivity contribution in [2.75, 3.05) is 165 Å². The zero-order chi connectivity index (χ0) is 42.6. The number of rotatable bonds is 53. The van der Waals surface area contributed by atoms with E-state index in [4.69, 9.17) is 61.9 Å². The van der Waals surface area contributed by atoms with Crippen LogP contribution in [0.2, 0.25) is 0 Å². The quantitative estimate of drug-likeness (QED) is 0.0758. The molecule has 0 aliphatic carbocycles. The highest BCUT2D eigenvalue weighted by molar-refractivity contribution is 5.75. The van der Waals surface area contributed by atoms with Gasteiger partial charge in [-0.15, -0.1) is 0 Å². The Bertz CT molecular complexity index is 830. The molecule has 0 aromatic carbocycles. The highest BCUT2D eigenvalue weighted by Crippen LogP contribution is 2.13. The van der Waals surface area contributed by atoms with Crippen LogP contribution in [0.25, 0.3) is 0 Å². The number of amides is 1. The number of ether oxygens (including phenoxy) is 12. The van der Waals surface area contributed by atoms with Gasteiger partial charge in [-0.1, -0.05) is 84.0 Å². The lowest BCUT2D eigenvalue weighted by atomic mass is 10.0. The number of hydrogen-bond donors (Lipinski definition) is 2. The van der Waals surface area contributed by atoms with Gasteiger partial charge >= 0.3 is 5.97 Å². The van der Waals surface area contributed by atoms with Crippen molar-refractivity contribution in [1.82, 2.24) is 5.32 Å². The zero-order valence-electron chi connectivity index (χ0n) is 36.9. The predicted octanol–water partition coefficient (Wildman–Crippen LogP) is 5.26. The molecular weight excluding hydrogens is 770 g/mol. The molecule has 0 atom stereocenters. The Morgan fingerprint density at radius 1 is 0.322 bits per heavy atom. The van der Waals surface area contributed by atoms with Gasteiger partial charge in [0.25, 0.3) is 0 Å². The second-order valence-corrected chi connectivity index (χ2v) is 13.8. The van der Waals surface area contributed by atoms with Crippen LogP contribution in [0.5, 0.6) is 0 Å². The summed E-state index contributed by atoms with van der Waals surface area (Å²) in [5.74, 6) is -0.763. The third-order valence-electron chi connectivity index (χ3n) is 8.63. The van der Waals surface area contributed by atoms with E-state index in [9.17, 15) is 9.59 Å². The van der Waals surface area contributed by atoms with Crippen molar-refractivity contribution >= 4 is 11.9 Å². The summed E-state index contributed by atoms with van der Waals surface area (Å²) >= 11 is 0. The van der Waals surface area contributed by atoms with Crippen LogP contribution < -0.4 is 5.32 Å². The van der Waals surface area contributed by atoms with E-state index in [1.807, 2.05) is 0 Å². The minimum atomic E-state index is -0.876. The molecule has 59 heavy (non-hydrogen) atoms. The largest absolute Gasteiger partial charge is 0.481 e. The minimum absolute atomic E-state index is 0.00475. The number of carboxylic acid groups (broad SMARTS) is 1. The molecule has 352 valence electrons. The van der Waals surface area contributed by atoms with Crippen molar-refractivity contribution in [3.05, 3.63) is 0 Å². The fraction of sp³-hybridized carbons (Fsp3) is 0.953. The zero-order valence-corrected chi connectivity index (χ0v) is 36.9.